The van der Waals surface area contributed by atoms with Crippen LogP contribution in [0.15, 0.2) is 18.2 Å². The third kappa shape index (κ3) is 5.61. The van der Waals surface area contributed by atoms with Crippen molar-refractivity contribution >= 4 is 5.91 Å². The molecule has 1 amide bonds. The van der Waals surface area contributed by atoms with Gasteiger partial charge in [0.15, 0.2) is 11.5 Å². The molecule has 0 atom stereocenters. The highest BCUT2D eigenvalue weighted by Crippen LogP contribution is 2.27. The summed E-state index contributed by atoms with van der Waals surface area (Å²) in [5, 5.41) is 0. The minimum atomic E-state index is -0.0825. The molecule has 118 valence electrons. The van der Waals surface area contributed by atoms with Gasteiger partial charge in [0.2, 0.25) is 5.91 Å². The second kappa shape index (κ2) is 9.20. The van der Waals surface area contributed by atoms with Gasteiger partial charge in [-0.1, -0.05) is 6.07 Å². The first kappa shape index (κ1) is 17.3. The zero-order valence-electron chi connectivity index (χ0n) is 13.0. The first-order chi connectivity index (χ1) is 10.1. The normalized spacial score (nSPS) is 10.3. The molecule has 1 rings (SSSR count). The number of carbonyl (C=O) groups is 1. The maximum Gasteiger partial charge on any atom is 0.248 e. The van der Waals surface area contributed by atoms with Gasteiger partial charge in [0.05, 0.1) is 27.4 Å². The predicted octanol–water partition coefficient (Wildman–Crippen LogP) is 1.33. The van der Waals surface area contributed by atoms with Crippen molar-refractivity contribution in [2.75, 3.05) is 48.2 Å². The van der Waals surface area contributed by atoms with Crippen molar-refractivity contribution in [1.29, 1.82) is 0 Å². The highest BCUT2D eigenvalue weighted by Gasteiger charge is 2.11. The number of nitrogens with zero attached hydrogens (tertiary/aromatic N) is 1. The average molecular weight is 297 g/mol. The summed E-state index contributed by atoms with van der Waals surface area (Å²) in [5.74, 6) is 1.23. The molecule has 0 aromatic heterocycles. The van der Waals surface area contributed by atoms with Crippen molar-refractivity contribution < 1.29 is 23.7 Å². The lowest BCUT2D eigenvalue weighted by Crippen LogP contribution is -2.30. The molecule has 0 radical (unpaired) electrons. The zero-order chi connectivity index (χ0) is 15.7. The number of hydrogen-bond acceptors (Lipinski definition) is 5. The van der Waals surface area contributed by atoms with E-state index >= 15 is 0 Å². The Hall–Kier alpha value is -1.79. The number of hydrogen-bond donors (Lipinski definition) is 0. The second-order valence-electron chi connectivity index (χ2n) is 4.48. The minimum Gasteiger partial charge on any atom is -0.493 e. The summed E-state index contributed by atoms with van der Waals surface area (Å²) in [6.45, 7) is 1.42. The van der Waals surface area contributed by atoms with Crippen LogP contribution >= 0.6 is 0 Å². The van der Waals surface area contributed by atoms with E-state index in [2.05, 4.69) is 0 Å². The van der Waals surface area contributed by atoms with Crippen LogP contribution in [0.25, 0.3) is 0 Å². The van der Waals surface area contributed by atoms with E-state index in [4.69, 9.17) is 18.9 Å². The molecule has 0 saturated carbocycles. The van der Waals surface area contributed by atoms with Crippen molar-refractivity contribution in [3.05, 3.63) is 23.8 Å². The molecule has 0 aliphatic heterocycles. The number of likely N-dealkylation sites (N-methyl/N-ethyl adjacent to an activating group) is 1. The largest absolute Gasteiger partial charge is 0.493 e. The monoisotopic (exact) mass is 297 g/mol. The van der Waals surface area contributed by atoms with Gasteiger partial charge in [-0.05, 0) is 17.7 Å². The highest BCUT2D eigenvalue weighted by atomic mass is 16.5. The van der Waals surface area contributed by atoms with Gasteiger partial charge < -0.3 is 23.8 Å². The van der Waals surface area contributed by atoms with E-state index in [1.165, 1.54) is 0 Å². The molecular formula is C15H23NO5. The molecule has 0 unspecified atom stereocenters. The Labute approximate surface area is 125 Å². The van der Waals surface area contributed by atoms with Crippen LogP contribution in [0.4, 0.5) is 0 Å². The molecule has 0 saturated heterocycles. The van der Waals surface area contributed by atoms with E-state index in [1.807, 2.05) is 18.2 Å². The SMILES string of the molecule is COCCOCC(=O)N(C)Cc1ccc(OC)c(OC)c1. The van der Waals surface area contributed by atoms with Gasteiger partial charge in [-0.15, -0.1) is 0 Å². The summed E-state index contributed by atoms with van der Waals surface area (Å²) < 4.78 is 20.5. The standard InChI is InChI=1S/C15H23NO5/c1-16(15(17)11-21-8-7-18-2)10-12-5-6-13(19-3)14(9-12)20-4/h5-6,9H,7-8,10-11H2,1-4H3. The fourth-order valence-corrected chi connectivity index (χ4v) is 1.75. The van der Waals surface area contributed by atoms with Crippen LogP contribution in [0.2, 0.25) is 0 Å². The van der Waals surface area contributed by atoms with Crippen molar-refractivity contribution in [3.63, 3.8) is 0 Å². The van der Waals surface area contributed by atoms with E-state index in [0.717, 1.165) is 5.56 Å². The molecule has 1 aromatic carbocycles. The third-order valence-electron chi connectivity index (χ3n) is 2.95. The summed E-state index contributed by atoms with van der Waals surface area (Å²) in [5.41, 5.74) is 0.959. The minimum absolute atomic E-state index is 0.0488. The van der Waals surface area contributed by atoms with Crippen LogP contribution in [-0.4, -0.2) is 59.0 Å². The van der Waals surface area contributed by atoms with E-state index < -0.39 is 0 Å². The molecule has 0 aliphatic rings. The molecule has 0 bridgehead atoms. The van der Waals surface area contributed by atoms with Gasteiger partial charge in [-0.3, -0.25) is 4.79 Å². The fraction of sp³-hybridized carbons (Fsp3) is 0.533. The summed E-state index contributed by atoms with van der Waals surface area (Å²) >= 11 is 0. The lowest BCUT2D eigenvalue weighted by Gasteiger charge is -2.18. The van der Waals surface area contributed by atoms with Crippen molar-refractivity contribution in [1.82, 2.24) is 4.90 Å². The van der Waals surface area contributed by atoms with Crippen LogP contribution in [-0.2, 0) is 20.8 Å². The van der Waals surface area contributed by atoms with Gasteiger partial charge in [-0.25, -0.2) is 0 Å². The Kier molecular flexibility index (Phi) is 7.56. The molecule has 21 heavy (non-hydrogen) atoms. The van der Waals surface area contributed by atoms with Crippen LogP contribution in [0.3, 0.4) is 0 Å². The molecule has 1 aromatic rings. The van der Waals surface area contributed by atoms with E-state index in [-0.39, 0.29) is 12.5 Å². The van der Waals surface area contributed by atoms with E-state index in [0.29, 0.717) is 31.3 Å². The van der Waals surface area contributed by atoms with Crippen LogP contribution < -0.4 is 9.47 Å². The van der Waals surface area contributed by atoms with Gasteiger partial charge in [-0.2, -0.15) is 0 Å². The van der Waals surface area contributed by atoms with Crippen LogP contribution in [0, 0.1) is 0 Å². The lowest BCUT2D eigenvalue weighted by atomic mass is 10.2. The second-order valence-corrected chi connectivity index (χ2v) is 4.48. The first-order valence-corrected chi connectivity index (χ1v) is 6.64. The third-order valence-corrected chi connectivity index (χ3v) is 2.95. The summed E-state index contributed by atoms with van der Waals surface area (Å²) in [7, 11) is 6.50. The van der Waals surface area contributed by atoms with Gasteiger partial charge in [0, 0.05) is 20.7 Å². The molecular weight excluding hydrogens is 274 g/mol. The molecule has 0 spiro atoms. The molecule has 0 fully saturated rings. The fourth-order valence-electron chi connectivity index (χ4n) is 1.75. The number of rotatable bonds is 9. The predicted molar refractivity (Wildman–Crippen MR) is 78.7 cm³/mol. The smallest absolute Gasteiger partial charge is 0.248 e. The molecule has 0 N–H and O–H groups in total. The number of amides is 1. The maximum absolute atomic E-state index is 11.9. The van der Waals surface area contributed by atoms with Crippen molar-refractivity contribution in [2.24, 2.45) is 0 Å². The molecule has 0 heterocycles. The summed E-state index contributed by atoms with van der Waals surface area (Å²) in [6, 6.07) is 5.58. The Morgan fingerprint density at radius 3 is 2.43 bits per heavy atom. The van der Waals surface area contributed by atoms with Crippen LogP contribution in [0.1, 0.15) is 5.56 Å². The van der Waals surface area contributed by atoms with E-state index in [9.17, 15) is 4.79 Å². The number of methoxy groups -OCH3 is 3. The van der Waals surface area contributed by atoms with Crippen molar-refractivity contribution in [3.8, 4) is 11.5 Å². The van der Waals surface area contributed by atoms with Crippen LogP contribution in [0.5, 0.6) is 11.5 Å². The molecule has 6 nitrogen and oxygen atoms in total. The van der Waals surface area contributed by atoms with Gasteiger partial charge in [0.1, 0.15) is 6.61 Å². The lowest BCUT2D eigenvalue weighted by molar-refractivity contribution is -0.135. The Morgan fingerprint density at radius 2 is 1.81 bits per heavy atom. The number of carbonyl (C=O) groups excluding carboxylic acids is 1. The maximum atomic E-state index is 11.9. The molecule has 0 aliphatic carbocycles. The Bertz CT molecular complexity index is 450. The zero-order valence-corrected chi connectivity index (χ0v) is 13.0. The Morgan fingerprint density at radius 1 is 1.10 bits per heavy atom. The van der Waals surface area contributed by atoms with Gasteiger partial charge in [0.25, 0.3) is 0 Å². The summed E-state index contributed by atoms with van der Waals surface area (Å²) in [6.07, 6.45) is 0. The molecule has 6 heteroatoms. The van der Waals surface area contributed by atoms with Gasteiger partial charge >= 0.3 is 0 Å². The summed E-state index contributed by atoms with van der Waals surface area (Å²) in [4.78, 5) is 13.5. The quantitative estimate of drug-likeness (QED) is 0.644. The highest BCUT2D eigenvalue weighted by molar-refractivity contribution is 5.77. The van der Waals surface area contributed by atoms with E-state index in [1.54, 1.807) is 33.3 Å². The topological polar surface area (TPSA) is 57.2 Å². The number of ether oxygens (including phenoxy) is 4. The Balaban J connectivity index is 2.53. The first-order valence-electron chi connectivity index (χ1n) is 6.64. The number of benzene rings is 1. The van der Waals surface area contributed by atoms with Crippen molar-refractivity contribution in [2.45, 2.75) is 6.54 Å². The average Bonchev–Trinajstić information content (AvgIpc) is 2.51.